The highest BCUT2D eigenvalue weighted by Crippen LogP contribution is 2.31. The number of rotatable bonds is 6. The molecule has 0 saturated heterocycles. The molecule has 9 heteroatoms. The summed E-state index contributed by atoms with van der Waals surface area (Å²) in [6, 6.07) is 19.5. The third-order valence-electron chi connectivity index (χ3n) is 4.87. The van der Waals surface area contributed by atoms with E-state index in [4.69, 9.17) is 32.6 Å². The SMILES string of the molecule is Fc1ccc(Cn2c(-c3nnc(SCc4ccc(Cl)cc4Cl)o3)nc3ccccc32)cc1. The van der Waals surface area contributed by atoms with Gasteiger partial charge in [-0.3, -0.25) is 0 Å². The van der Waals surface area contributed by atoms with Gasteiger partial charge in [0, 0.05) is 22.3 Å². The number of imidazole rings is 1. The van der Waals surface area contributed by atoms with E-state index < -0.39 is 0 Å². The van der Waals surface area contributed by atoms with Gasteiger partial charge in [0.1, 0.15) is 5.82 Å². The van der Waals surface area contributed by atoms with E-state index in [1.165, 1.54) is 23.9 Å². The normalized spacial score (nSPS) is 11.3. The van der Waals surface area contributed by atoms with Crippen LogP contribution in [0.25, 0.3) is 22.7 Å². The van der Waals surface area contributed by atoms with E-state index in [9.17, 15) is 4.39 Å². The molecule has 0 aliphatic heterocycles. The average molecular weight is 485 g/mol. The zero-order valence-corrected chi connectivity index (χ0v) is 18.8. The van der Waals surface area contributed by atoms with Crippen LogP contribution in [0.15, 0.2) is 76.4 Å². The summed E-state index contributed by atoms with van der Waals surface area (Å²) < 4.78 is 21.2. The van der Waals surface area contributed by atoms with Crippen molar-refractivity contribution in [3.05, 3.63) is 93.7 Å². The van der Waals surface area contributed by atoms with Crippen LogP contribution >= 0.6 is 35.0 Å². The Morgan fingerprint density at radius 2 is 1.78 bits per heavy atom. The quantitative estimate of drug-likeness (QED) is 0.246. The lowest BCUT2D eigenvalue weighted by molar-refractivity contribution is 0.461. The van der Waals surface area contributed by atoms with Crippen molar-refractivity contribution in [3.63, 3.8) is 0 Å². The van der Waals surface area contributed by atoms with Crippen molar-refractivity contribution in [2.24, 2.45) is 0 Å². The standard InChI is InChI=1S/C23H15Cl2FN4OS/c24-16-8-7-15(18(25)11-16)13-32-23-29-28-22(31-23)21-27-19-3-1-2-4-20(19)30(21)12-14-5-9-17(26)10-6-14/h1-11H,12-13H2. The van der Waals surface area contributed by atoms with Crippen LogP contribution in [0.3, 0.4) is 0 Å². The number of halogens is 3. The summed E-state index contributed by atoms with van der Waals surface area (Å²) in [6.07, 6.45) is 0. The predicted molar refractivity (Wildman–Crippen MR) is 125 cm³/mol. The molecule has 0 spiro atoms. The van der Waals surface area contributed by atoms with Crippen molar-refractivity contribution in [3.8, 4) is 11.7 Å². The van der Waals surface area contributed by atoms with Crippen LogP contribution in [-0.2, 0) is 12.3 Å². The Bertz CT molecular complexity index is 1400. The largest absolute Gasteiger partial charge is 0.408 e. The van der Waals surface area contributed by atoms with Gasteiger partial charge in [0.25, 0.3) is 11.1 Å². The average Bonchev–Trinajstić information content (AvgIpc) is 3.40. The molecule has 0 fully saturated rings. The van der Waals surface area contributed by atoms with Crippen molar-refractivity contribution < 1.29 is 8.81 Å². The molecular formula is C23H15Cl2FN4OS. The fourth-order valence-electron chi connectivity index (χ4n) is 3.31. The Hall–Kier alpha value is -2.87. The molecular weight excluding hydrogens is 470 g/mol. The van der Waals surface area contributed by atoms with Crippen LogP contribution in [-0.4, -0.2) is 19.7 Å². The Morgan fingerprint density at radius 1 is 0.969 bits per heavy atom. The number of aromatic nitrogens is 4. The van der Waals surface area contributed by atoms with Crippen molar-refractivity contribution >= 4 is 46.0 Å². The maximum Gasteiger partial charge on any atom is 0.284 e. The maximum atomic E-state index is 13.3. The van der Waals surface area contributed by atoms with E-state index in [1.54, 1.807) is 24.3 Å². The summed E-state index contributed by atoms with van der Waals surface area (Å²) in [4.78, 5) is 4.70. The monoisotopic (exact) mass is 484 g/mol. The lowest BCUT2D eigenvalue weighted by Gasteiger charge is -2.07. The molecule has 0 atom stereocenters. The van der Waals surface area contributed by atoms with E-state index in [-0.39, 0.29) is 5.82 Å². The van der Waals surface area contributed by atoms with E-state index in [1.807, 2.05) is 34.9 Å². The summed E-state index contributed by atoms with van der Waals surface area (Å²) in [5.41, 5.74) is 3.59. The van der Waals surface area contributed by atoms with Crippen LogP contribution in [0.1, 0.15) is 11.1 Å². The molecule has 0 N–H and O–H groups in total. The van der Waals surface area contributed by atoms with Crippen molar-refractivity contribution in [2.45, 2.75) is 17.5 Å². The predicted octanol–water partition coefficient (Wildman–Crippen LogP) is 6.87. The minimum Gasteiger partial charge on any atom is -0.408 e. The van der Waals surface area contributed by atoms with Gasteiger partial charge in [0.2, 0.25) is 0 Å². The molecule has 160 valence electrons. The number of hydrogen-bond donors (Lipinski definition) is 0. The molecule has 2 aromatic heterocycles. The number of benzene rings is 3. The first-order valence-corrected chi connectivity index (χ1v) is 11.4. The number of hydrogen-bond acceptors (Lipinski definition) is 5. The molecule has 32 heavy (non-hydrogen) atoms. The number of fused-ring (bicyclic) bond motifs is 1. The summed E-state index contributed by atoms with van der Waals surface area (Å²) in [6.45, 7) is 0.487. The summed E-state index contributed by atoms with van der Waals surface area (Å²) in [7, 11) is 0. The molecule has 0 aliphatic carbocycles. The van der Waals surface area contributed by atoms with Gasteiger partial charge in [-0.05, 0) is 47.5 Å². The van der Waals surface area contributed by atoms with Gasteiger partial charge in [-0.25, -0.2) is 9.37 Å². The molecule has 5 rings (SSSR count). The first-order chi connectivity index (χ1) is 15.6. The lowest BCUT2D eigenvalue weighted by Crippen LogP contribution is -2.02. The topological polar surface area (TPSA) is 56.7 Å². The molecule has 0 radical (unpaired) electrons. The summed E-state index contributed by atoms with van der Waals surface area (Å²) in [5.74, 6) is 1.15. The third kappa shape index (κ3) is 4.37. The Kier molecular flexibility index (Phi) is 5.87. The molecule has 5 nitrogen and oxygen atoms in total. The third-order valence-corrected chi connectivity index (χ3v) is 6.33. The van der Waals surface area contributed by atoms with Gasteiger partial charge < -0.3 is 8.98 Å². The minimum atomic E-state index is -0.274. The molecule has 2 heterocycles. The number of thioether (sulfide) groups is 1. The second-order valence-electron chi connectivity index (χ2n) is 7.03. The maximum absolute atomic E-state index is 13.3. The summed E-state index contributed by atoms with van der Waals surface area (Å²) >= 11 is 13.6. The fraction of sp³-hybridized carbons (Fsp3) is 0.0870. The second kappa shape index (κ2) is 8.94. The van der Waals surface area contributed by atoms with Crippen molar-refractivity contribution in [1.29, 1.82) is 0 Å². The van der Waals surface area contributed by atoms with Gasteiger partial charge in [-0.15, -0.1) is 10.2 Å². The molecule has 3 aromatic carbocycles. The molecule has 0 bridgehead atoms. The van der Waals surface area contributed by atoms with E-state index in [0.29, 0.717) is 39.3 Å². The molecule has 0 unspecified atom stereocenters. The number of para-hydroxylation sites is 2. The van der Waals surface area contributed by atoms with Crippen LogP contribution in [0, 0.1) is 5.82 Å². The Labute approximate surface area is 197 Å². The highest BCUT2D eigenvalue weighted by atomic mass is 35.5. The molecule has 5 aromatic rings. The van der Waals surface area contributed by atoms with E-state index in [2.05, 4.69) is 10.2 Å². The number of nitrogens with zero attached hydrogens (tertiary/aromatic N) is 4. The lowest BCUT2D eigenvalue weighted by atomic mass is 10.2. The van der Waals surface area contributed by atoms with Gasteiger partial charge in [0.15, 0.2) is 5.82 Å². The minimum absolute atomic E-state index is 0.274. The zero-order chi connectivity index (χ0) is 22.1. The van der Waals surface area contributed by atoms with Crippen LogP contribution in [0.2, 0.25) is 10.0 Å². The summed E-state index contributed by atoms with van der Waals surface area (Å²) in [5, 5.41) is 9.96. The second-order valence-corrected chi connectivity index (χ2v) is 8.80. The molecule has 0 saturated carbocycles. The smallest absolute Gasteiger partial charge is 0.284 e. The highest BCUT2D eigenvalue weighted by molar-refractivity contribution is 7.98. The molecule has 0 aliphatic rings. The van der Waals surface area contributed by atoms with Gasteiger partial charge in [-0.1, -0.05) is 65.3 Å². The van der Waals surface area contributed by atoms with Crippen LogP contribution in [0.5, 0.6) is 0 Å². The first kappa shape index (κ1) is 21.0. The Morgan fingerprint density at radius 3 is 2.59 bits per heavy atom. The van der Waals surface area contributed by atoms with Crippen molar-refractivity contribution in [1.82, 2.24) is 19.7 Å². The first-order valence-electron chi connectivity index (χ1n) is 9.67. The highest BCUT2D eigenvalue weighted by Gasteiger charge is 2.19. The molecule has 0 amide bonds. The van der Waals surface area contributed by atoms with Crippen LogP contribution in [0.4, 0.5) is 4.39 Å². The zero-order valence-electron chi connectivity index (χ0n) is 16.5. The van der Waals surface area contributed by atoms with Gasteiger partial charge in [-0.2, -0.15) is 0 Å². The van der Waals surface area contributed by atoms with Crippen molar-refractivity contribution in [2.75, 3.05) is 0 Å². The Balaban J connectivity index is 1.44. The van der Waals surface area contributed by atoms with Gasteiger partial charge in [0.05, 0.1) is 11.0 Å². The van der Waals surface area contributed by atoms with E-state index in [0.717, 1.165) is 22.2 Å². The van der Waals surface area contributed by atoms with E-state index >= 15 is 0 Å². The fourth-order valence-corrected chi connectivity index (χ4v) is 4.63. The van der Waals surface area contributed by atoms with Gasteiger partial charge >= 0.3 is 0 Å². The van der Waals surface area contributed by atoms with Crippen LogP contribution < -0.4 is 0 Å².